The van der Waals surface area contributed by atoms with Crippen LogP contribution in [-0.4, -0.2) is 24.1 Å². The van der Waals surface area contributed by atoms with E-state index >= 15 is 0 Å². The first-order chi connectivity index (χ1) is 4.57. The topological polar surface area (TPSA) is 35.5 Å². The molecule has 2 unspecified atom stereocenters. The average Bonchev–Trinajstić information content (AvgIpc) is 1.87. The van der Waals surface area contributed by atoms with Crippen molar-refractivity contribution in [2.45, 2.75) is 12.8 Å². The molecule has 7 heteroatoms. The molecule has 0 aromatic carbocycles. The second-order valence-corrected chi connectivity index (χ2v) is 2.09. The number of rotatable bonds is 4. The molecule has 0 N–H and O–H groups in total. The largest absolute Gasteiger partial charge is 0.307 e. The highest BCUT2D eigenvalue weighted by atomic mass is 32.2. The Morgan fingerprint density at radius 3 is 2.20 bits per heavy atom. The van der Waals surface area contributed by atoms with Crippen LogP contribution >= 0.6 is 0 Å². The van der Waals surface area contributed by atoms with E-state index in [0.29, 0.717) is 0 Å². The van der Waals surface area contributed by atoms with E-state index in [-0.39, 0.29) is 0 Å². The Labute approximate surface area is 58.0 Å². The van der Waals surface area contributed by atoms with E-state index in [4.69, 9.17) is 0 Å². The lowest BCUT2D eigenvalue weighted by Gasteiger charge is -2.04. The third-order valence-electron chi connectivity index (χ3n) is 0.505. The van der Waals surface area contributed by atoms with E-state index < -0.39 is 24.1 Å². The van der Waals surface area contributed by atoms with Crippen LogP contribution in [0.4, 0.5) is 13.2 Å². The van der Waals surface area contributed by atoms with Gasteiger partial charge in [-0.3, -0.25) is 4.18 Å². The normalized spacial score (nSPS) is 17.3. The first-order valence-electron chi connectivity index (χ1n) is 2.13. The standard InChI is InChI=1S/C3H5F3O3S/c1-8-10(7)9-3(6)2(4)5/h2-3H,1H3. The number of hydrogen-bond donors (Lipinski definition) is 0. The molecule has 3 nitrogen and oxygen atoms in total. The van der Waals surface area contributed by atoms with Gasteiger partial charge >= 0.3 is 11.4 Å². The molecule has 0 saturated carbocycles. The second-order valence-electron chi connectivity index (χ2n) is 1.15. The molecule has 2 atom stereocenters. The summed E-state index contributed by atoms with van der Waals surface area (Å²) in [5.41, 5.74) is 0. The maximum Gasteiger partial charge on any atom is 0.307 e. The highest BCUT2D eigenvalue weighted by molar-refractivity contribution is 7.75. The summed E-state index contributed by atoms with van der Waals surface area (Å²) >= 11 is -2.43. The smallest absolute Gasteiger partial charge is 0.272 e. The SMILES string of the molecule is COS(=O)OC(F)C(F)F. The van der Waals surface area contributed by atoms with E-state index in [1.807, 2.05) is 0 Å². The third kappa shape index (κ3) is 3.80. The number of hydrogen-bond acceptors (Lipinski definition) is 3. The maximum atomic E-state index is 11.7. The first kappa shape index (κ1) is 9.86. The summed E-state index contributed by atoms with van der Waals surface area (Å²) in [6, 6.07) is 0. The van der Waals surface area contributed by atoms with Crippen molar-refractivity contribution in [1.82, 2.24) is 0 Å². The van der Waals surface area contributed by atoms with Gasteiger partial charge in [0, 0.05) is 0 Å². The van der Waals surface area contributed by atoms with Crippen LogP contribution in [0, 0.1) is 0 Å². The molecular formula is C3H5F3O3S. The van der Waals surface area contributed by atoms with E-state index in [9.17, 15) is 17.4 Å². The minimum atomic E-state index is -3.31. The van der Waals surface area contributed by atoms with E-state index in [2.05, 4.69) is 8.37 Å². The molecule has 10 heavy (non-hydrogen) atoms. The van der Waals surface area contributed by atoms with Crippen LogP contribution in [0.2, 0.25) is 0 Å². The molecule has 0 aromatic heterocycles. The number of alkyl halides is 3. The molecule has 0 amide bonds. The molecule has 0 bridgehead atoms. The molecule has 0 saturated heterocycles. The summed E-state index contributed by atoms with van der Waals surface area (Å²) in [6.07, 6.45) is -6.17. The minimum Gasteiger partial charge on any atom is -0.272 e. The van der Waals surface area contributed by atoms with Crippen LogP contribution in [0.1, 0.15) is 0 Å². The van der Waals surface area contributed by atoms with Crippen LogP contribution in [0.25, 0.3) is 0 Å². The van der Waals surface area contributed by atoms with Gasteiger partial charge in [0.25, 0.3) is 12.8 Å². The Hall–Kier alpha value is -0.140. The van der Waals surface area contributed by atoms with Crippen LogP contribution in [0.3, 0.4) is 0 Å². The van der Waals surface area contributed by atoms with Gasteiger partial charge in [-0.15, -0.1) is 0 Å². The zero-order valence-electron chi connectivity index (χ0n) is 4.92. The lowest BCUT2D eigenvalue weighted by Crippen LogP contribution is -2.18. The van der Waals surface area contributed by atoms with Crippen molar-refractivity contribution in [3.05, 3.63) is 0 Å². The van der Waals surface area contributed by atoms with E-state index in [1.165, 1.54) is 0 Å². The minimum absolute atomic E-state index is 0.939. The summed E-state index contributed by atoms with van der Waals surface area (Å²) in [7, 11) is 0.939. The molecule has 0 fully saturated rings. The van der Waals surface area contributed by atoms with Gasteiger partial charge in [-0.2, -0.15) is 4.21 Å². The first-order valence-corrected chi connectivity index (χ1v) is 3.13. The zero-order valence-corrected chi connectivity index (χ0v) is 5.74. The lowest BCUT2D eigenvalue weighted by molar-refractivity contribution is -0.0648. The van der Waals surface area contributed by atoms with Gasteiger partial charge in [-0.25, -0.2) is 17.4 Å². The van der Waals surface area contributed by atoms with Crippen LogP contribution in [0.15, 0.2) is 0 Å². The summed E-state index contributed by atoms with van der Waals surface area (Å²) in [6.45, 7) is 0. The van der Waals surface area contributed by atoms with Gasteiger partial charge < -0.3 is 0 Å². The Morgan fingerprint density at radius 2 is 1.90 bits per heavy atom. The van der Waals surface area contributed by atoms with Gasteiger partial charge in [0.05, 0.1) is 7.11 Å². The molecule has 0 radical (unpaired) electrons. The molecular weight excluding hydrogens is 173 g/mol. The summed E-state index contributed by atoms with van der Waals surface area (Å²) < 4.78 is 51.5. The zero-order chi connectivity index (χ0) is 8.15. The highest BCUT2D eigenvalue weighted by Crippen LogP contribution is 2.08. The van der Waals surface area contributed by atoms with Gasteiger partial charge in [0.2, 0.25) is 0 Å². The van der Waals surface area contributed by atoms with Crippen molar-refractivity contribution in [3.63, 3.8) is 0 Å². The summed E-state index contributed by atoms with van der Waals surface area (Å²) in [5.74, 6) is 0. The fourth-order valence-corrected chi connectivity index (χ4v) is 0.469. The Kier molecular flexibility index (Phi) is 4.58. The van der Waals surface area contributed by atoms with Crippen LogP contribution in [-0.2, 0) is 19.7 Å². The molecule has 0 aliphatic heterocycles. The predicted molar refractivity (Wildman–Crippen MR) is 27.1 cm³/mol. The van der Waals surface area contributed by atoms with Gasteiger partial charge in [-0.1, -0.05) is 0 Å². The molecule has 0 aliphatic rings. The highest BCUT2D eigenvalue weighted by Gasteiger charge is 2.22. The van der Waals surface area contributed by atoms with Gasteiger partial charge in [0.15, 0.2) is 0 Å². The Morgan fingerprint density at radius 1 is 1.40 bits per heavy atom. The van der Waals surface area contributed by atoms with Crippen molar-refractivity contribution in [2.75, 3.05) is 7.11 Å². The van der Waals surface area contributed by atoms with Crippen molar-refractivity contribution >= 4 is 11.4 Å². The summed E-state index contributed by atoms with van der Waals surface area (Å²) in [5, 5.41) is 0. The second kappa shape index (κ2) is 4.64. The van der Waals surface area contributed by atoms with Gasteiger partial charge in [0.1, 0.15) is 0 Å². The molecule has 0 heterocycles. The fourth-order valence-electron chi connectivity index (χ4n) is 0.156. The predicted octanol–water partition coefficient (Wildman–Crippen LogP) is 0.789. The van der Waals surface area contributed by atoms with E-state index in [1.54, 1.807) is 0 Å². The molecule has 0 aromatic rings. The maximum absolute atomic E-state index is 11.7. The third-order valence-corrected chi connectivity index (χ3v) is 1.12. The van der Waals surface area contributed by atoms with E-state index in [0.717, 1.165) is 7.11 Å². The quantitative estimate of drug-likeness (QED) is 0.638. The van der Waals surface area contributed by atoms with Crippen molar-refractivity contribution in [2.24, 2.45) is 0 Å². The monoisotopic (exact) mass is 178 g/mol. The van der Waals surface area contributed by atoms with Gasteiger partial charge in [-0.05, 0) is 0 Å². The molecule has 0 aliphatic carbocycles. The number of halogens is 3. The van der Waals surface area contributed by atoms with Crippen molar-refractivity contribution in [1.29, 1.82) is 0 Å². The molecule has 0 rings (SSSR count). The van der Waals surface area contributed by atoms with Crippen molar-refractivity contribution < 1.29 is 25.7 Å². The average molecular weight is 178 g/mol. The van der Waals surface area contributed by atoms with Crippen molar-refractivity contribution in [3.8, 4) is 0 Å². The van der Waals surface area contributed by atoms with Crippen LogP contribution in [0.5, 0.6) is 0 Å². The molecule has 62 valence electrons. The fraction of sp³-hybridized carbons (Fsp3) is 1.00. The lowest BCUT2D eigenvalue weighted by atomic mass is 10.7. The molecule has 0 spiro atoms. The Balaban J connectivity index is 3.57. The Bertz CT molecular complexity index is 120. The summed E-state index contributed by atoms with van der Waals surface area (Å²) in [4.78, 5) is 0. The van der Waals surface area contributed by atoms with Crippen LogP contribution < -0.4 is 0 Å².